The lowest BCUT2D eigenvalue weighted by Gasteiger charge is -2.43. The van der Waals surface area contributed by atoms with Gasteiger partial charge in [-0.3, -0.25) is 24.1 Å². The van der Waals surface area contributed by atoms with Crippen LogP contribution in [0.3, 0.4) is 0 Å². The first-order valence-electron chi connectivity index (χ1n) is 14.9. The lowest BCUT2D eigenvalue weighted by molar-refractivity contribution is -0.134. The molecule has 2 aromatic carbocycles. The highest BCUT2D eigenvalue weighted by atomic mass is 79.9. The standard InChI is InChI=1S/C32H30BrN3O5S2/c33-16-8-10-17(11-9-16)36-30(38)25-19-14-20(26(25)31(36)39)27-24(19)23(28-29(42-27)34-32(40)43-28)18-6-2-3-7-21(18)41-15-22(37)35-12-4-1-5-13-35/h2-3,6-11,19-20,23-27H,1,4-5,12-15H2,(H,34,40)/t19?,20?,23-,24?,25?,26?,27?/m1/s1. The van der Waals surface area contributed by atoms with Crippen molar-refractivity contribution in [3.63, 3.8) is 0 Å². The SMILES string of the molecule is O=C(COc1ccccc1[C@H]1c2sc(=O)[nH]c2SC2C3CC(C4C(=O)N(c5ccc(Br)cc5)C(=O)C34)C21)N1CCCCC1. The second-order valence-corrected chi connectivity index (χ2v) is 15.3. The van der Waals surface area contributed by atoms with Gasteiger partial charge in [0.2, 0.25) is 11.8 Å². The molecule has 11 heteroatoms. The van der Waals surface area contributed by atoms with E-state index in [0.717, 1.165) is 58.7 Å². The molecule has 2 saturated carbocycles. The molecule has 3 aromatic rings. The largest absolute Gasteiger partial charge is 0.483 e. The number of amides is 3. The van der Waals surface area contributed by atoms with E-state index in [4.69, 9.17) is 4.74 Å². The van der Waals surface area contributed by atoms with Gasteiger partial charge in [0.15, 0.2) is 6.61 Å². The van der Waals surface area contributed by atoms with Crippen LogP contribution in [0.25, 0.3) is 0 Å². The Bertz CT molecular complexity index is 1680. The Morgan fingerprint density at radius 1 is 0.953 bits per heavy atom. The van der Waals surface area contributed by atoms with Gasteiger partial charge in [-0.15, -0.1) is 11.8 Å². The summed E-state index contributed by atoms with van der Waals surface area (Å²) in [6.45, 7) is 1.50. The van der Waals surface area contributed by atoms with Crippen molar-refractivity contribution in [1.29, 1.82) is 0 Å². The molecule has 8 rings (SSSR count). The molecule has 43 heavy (non-hydrogen) atoms. The van der Waals surface area contributed by atoms with Crippen LogP contribution in [0.1, 0.15) is 42.0 Å². The molecular formula is C32H30BrN3O5S2. The molecule has 0 radical (unpaired) electrons. The molecule has 6 unspecified atom stereocenters. The van der Waals surface area contributed by atoms with Crippen molar-refractivity contribution in [2.75, 3.05) is 24.6 Å². The molecule has 7 atom stereocenters. The van der Waals surface area contributed by atoms with Crippen LogP contribution < -0.4 is 14.5 Å². The number of piperidine rings is 1. The lowest BCUT2D eigenvalue weighted by atomic mass is 9.68. The topological polar surface area (TPSA) is 99.8 Å². The quantitative estimate of drug-likeness (QED) is 0.369. The Morgan fingerprint density at radius 2 is 1.67 bits per heavy atom. The summed E-state index contributed by atoms with van der Waals surface area (Å²) >= 11 is 6.34. The van der Waals surface area contributed by atoms with Gasteiger partial charge in [-0.1, -0.05) is 45.5 Å². The van der Waals surface area contributed by atoms with Gasteiger partial charge in [0.05, 0.1) is 22.5 Å². The van der Waals surface area contributed by atoms with Gasteiger partial charge in [-0.05, 0) is 73.8 Å². The highest BCUT2D eigenvalue weighted by Gasteiger charge is 2.69. The number of H-pyrrole nitrogens is 1. The molecule has 4 fully saturated rings. The molecule has 3 amide bonds. The number of fused-ring (bicyclic) bond motifs is 9. The van der Waals surface area contributed by atoms with Crippen LogP contribution in [0.4, 0.5) is 5.69 Å². The predicted octanol–water partition coefficient (Wildman–Crippen LogP) is 5.27. The predicted molar refractivity (Wildman–Crippen MR) is 167 cm³/mol. The highest BCUT2D eigenvalue weighted by Crippen LogP contribution is 2.69. The summed E-state index contributed by atoms with van der Waals surface area (Å²) in [6, 6.07) is 15.1. The van der Waals surface area contributed by atoms with Crippen LogP contribution in [0, 0.1) is 29.6 Å². The molecule has 2 bridgehead atoms. The van der Waals surface area contributed by atoms with Crippen molar-refractivity contribution >= 4 is 62.4 Å². The van der Waals surface area contributed by atoms with Crippen LogP contribution in [-0.4, -0.2) is 52.6 Å². The number of rotatable bonds is 5. The maximum absolute atomic E-state index is 14.0. The van der Waals surface area contributed by atoms with Crippen molar-refractivity contribution in [3.05, 3.63) is 73.1 Å². The molecule has 0 spiro atoms. The minimum atomic E-state index is -0.378. The van der Waals surface area contributed by atoms with Gasteiger partial charge in [0, 0.05) is 39.2 Å². The number of thiazole rings is 1. The first kappa shape index (κ1) is 27.6. The number of ether oxygens (including phenoxy) is 1. The number of para-hydroxylation sites is 1. The fourth-order valence-corrected chi connectivity index (χ4v) is 11.6. The first-order valence-corrected chi connectivity index (χ1v) is 17.4. The third-order valence-corrected chi connectivity index (χ3v) is 13.2. The second kappa shape index (κ2) is 10.6. The molecule has 222 valence electrons. The van der Waals surface area contributed by atoms with Gasteiger partial charge in [-0.25, -0.2) is 0 Å². The average molecular weight is 681 g/mol. The number of anilines is 1. The van der Waals surface area contributed by atoms with Crippen molar-refractivity contribution < 1.29 is 19.1 Å². The summed E-state index contributed by atoms with van der Waals surface area (Å²) < 4.78 is 7.14. The molecule has 1 aromatic heterocycles. The lowest BCUT2D eigenvalue weighted by Crippen LogP contribution is -2.43. The maximum atomic E-state index is 14.0. The van der Waals surface area contributed by atoms with E-state index in [-0.39, 0.29) is 70.0 Å². The number of imide groups is 1. The number of benzene rings is 2. The molecule has 2 saturated heterocycles. The van der Waals surface area contributed by atoms with Crippen LogP contribution in [0.5, 0.6) is 5.75 Å². The third kappa shape index (κ3) is 4.36. The van der Waals surface area contributed by atoms with Crippen molar-refractivity contribution in [2.24, 2.45) is 29.6 Å². The van der Waals surface area contributed by atoms with Crippen LogP contribution >= 0.6 is 39.0 Å². The van der Waals surface area contributed by atoms with Gasteiger partial charge >= 0.3 is 4.87 Å². The Labute approximate surface area is 265 Å². The molecule has 5 aliphatic rings. The van der Waals surface area contributed by atoms with E-state index in [1.807, 2.05) is 53.4 Å². The minimum absolute atomic E-state index is 0.00258. The Kier molecular flexibility index (Phi) is 6.83. The van der Waals surface area contributed by atoms with E-state index < -0.39 is 0 Å². The summed E-state index contributed by atoms with van der Waals surface area (Å²) in [5.41, 5.74) is 1.55. The van der Waals surface area contributed by atoms with Crippen molar-refractivity contribution in [2.45, 2.75) is 41.9 Å². The number of halogens is 1. The van der Waals surface area contributed by atoms with Crippen molar-refractivity contribution in [3.8, 4) is 5.75 Å². The molecule has 3 aliphatic heterocycles. The van der Waals surface area contributed by atoms with Gasteiger partial charge in [0.25, 0.3) is 5.91 Å². The molecular weight excluding hydrogens is 650 g/mol. The highest BCUT2D eigenvalue weighted by molar-refractivity contribution is 9.10. The zero-order chi connectivity index (χ0) is 29.4. The number of hydrogen-bond acceptors (Lipinski definition) is 7. The van der Waals surface area contributed by atoms with Crippen LogP contribution in [-0.2, 0) is 14.4 Å². The zero-order valence-corrected chi connectivity index (χ0v) is 26.5. The van der Waals surface area contributed by atoms with Gasteiger partial charge in [-0.2, -0.15) is 0 Å². The minimum Gasteiger partial charge on any atom is -0.483 e. The van der Waals surface area contributed by atoms with E-state index in [0.29, 0.717) is 11.4 Å². The summed E-state index contributed by atoms with van der Waals surface area (Å²) in [6.07, 6.45) is 4.00. The third-order valence-electron chi connectivity index (χ3n) is 10.1. The van der Waals surface area contributed by atoms with E-state index in [1.165, 1.54) is 16.2 Å². The number of likely N-dealkylation sites (tertiary alicyclic amines) is 1. The van der Waals surface area contributed by atoms with E-state index in [9.17, 15) is 19.2 Å². The van der Waals surface area contributed by atoms with Crippen molar-refractivity contribution in [1.82, 2.24) is 9.88 Å². The monoisotopic (exact) mass is 679 g/mol. The van der Waals surface area contributed by atoms with Gasteiger partial charge in [0.1, 0.15) is 5.75 Å². The maximum Gasteiger partial charge on any atom is 0.305 e. The smallest absolute Gasteiger partial charge is 0.305 e. The van der Waals surface area contributed by atoms with E-state index in [2.05, 4.69) is 20.9 Å². The number of hydrogen-bond donors (Lipinski definition) is 1. The Morgan fingerprint density at radius 3 is 2.44 bits per heavy atom. The fourth-order valence-electron chi connectivity index (χ4n) is 8.45. The zero-order valence-electron chi connectivity index (χ0n) is 23.2. The molecule has 1 N–H and O–H groups in total. The molecule has 2 aliphatic carbocycles. The van der Waals surface area contributed by atoms with Crippen LogP contribution in [0.15, 0.2) is 62.8 Å². The second-order valence-electron chi connectivity index (χ2n) is 12.2. The molecule has 4 heterocycles. The number of carbonyl (C=O) groups is 3. The van der Waals surface area contributed by atoms with Gasteiger partial charge < -0.3 is 14.6 Å². The summed E-state index contributed by atoms with van der Waals surface area (Å²) in [5.74, 6) is -0.400. The summed E-state index contributed by atoms with van der Waals surface area (Å²) in [7, 11) is 0. The normalized spacial score (nSPS) is 30.8. The Balaban J connectivity index is 1.15. The van der Waals surface area contributed by atoms with Crippen LogP contribution in [0.2, 0.25) is 0 Å². The fraction of sp³-hybridized carbons (Fsp3) is 0.438. The summed E-state index contributed by atoms with van der Waals surface area (Å²) in [5, 5.41) is 0.935. The number of nitrogens with zero attached hydrogens (tertiary/aromatic N) is 2. The summed E-state index contributed by atoms with van der Waals surface area (Å²) in [4.78, 5) is 60.7. The number of nitrogens with one attached hydrogen (secondary N) is 1. The Hall–Kier alpha value is -2.89. The molecule has 8 nitrogen and oxygen atoms in total. The number of aromatic amines is 1. The van der Waals surface area contributed by atoms with E-state index >= 15 is 0 Å². The number of thioether (sulfide) groups is 1. The number of aromatic nitrogens is 1. The number of carbonyl (C=O) groups excluding carboxylic acids is 3. The van der Waals surface area contributed by atoms with E-state index in [1.54, 1.807) is 11.8 Å². The first-order chi connectivity index (χ1) is 20.9. The average Bonchev–Trinajstić information content (AvgIpc) is 3.76.